The van der Waals surface area contributed by atoms with Crippen molar-refractivity contribution in [3.8, 4) is 0 Å². The largest absolute Gasteiger partial charge is 0.382 e. The van der Waals surface area contributed by atoms with Gasteiger partial charge in [0.2, 0.25) is 5.95 Å². The Morgan fingerprint density at radius 2 is 1.96 bits per heavy atom. The number of hydrogen-bond acceptors (Lipinski definition) is 5. The molecule has 0 aliphatic rings. The van der Waals surface area contributed by atoms with Crippen LogP contribution in [0.3, 0.4) is 0 Å². The Morgan fingerprint density at radius 3 is 2.64 bits per heavy atom. The molecule has 7 nitrogen and oxygen atoms in total. The van der Waals surface area contributed by atoms with Gasteiger partial charge in [0.05, 0.1) is 6.54 Å². The van der Waals surface area contributed by atoms with Crippen LogP contribution in [0.1, 0.15) is 30.9 Å². The molecule has 3 aromatic rings. The number of imidazole rings is 1. The molecule has 132 valence electrons. The highest BCUT2D eigenvalue weighted by Crippen LogP contribution is 2.17. The molecule has 0 bridgehead atoms. The van der Waals surface area contributed by atoms with Crippen LogP contribution in [-0.4, -0.2) is 26.1 Å². The molecule has 8 heteroatoms. The number of nitrogens with zero attached hydrogens (tertiary/aromatic N) is 3. The average molecular weight is 361 g/mol. The van der Waals surface area contributed by atoms with E-state index in [1.54, 1.807) is 4.57 Å². The van der Waals surface area contributed by atoms with Gasteiger partial charge in [-0.3, -0.25) is 4.57 Å². The van der Waals surface area contributed by atoms with Crippen molar-refractivity contribution >= 4 is 34.5 Å². The van der Waals surface area contributed by atoms with Gasteiger partial charge in [-0.1, -0.05) is 37.6 Å². The van der Waals surface area contributed by atoms with Crippen LogP contribution in [0.15, 0.2) is 29.1 Å². The SMILES string of the molecule is CCCCNc1nc(N)c2[nH]c(=O)n(Cc3ccc(CCl)cc3)c2n1. The van der Waals surface area contributed by atoms with E-state index in [2.05, 4.69) is 27.2 Å². The van der Waals surface area contributed by atoms with Crippen LogP contribution in [0, 0.1) is 0 Å². The lowest BCUT2D eigenvalue weighted by atomic mass is 10.1. The van der Waals surface area contributed by atoms with Crippen LogP contribution in [0.2, 0.25) is 0 Å². The monoisotopic (exact) mass is 360 g/mol. The van der Waals surface area contributed by atoms with Crippen molar-refractivity contribution in [1.29, 1.82) is 0 Å². The second kappa shape index (κ2) is 7.57. The summed E-state index contributed by atoms with van der Waals surface area (Å²) in [7, 11) is 0. The molecule has 0 fully saturated rings. The summed E-state index contributed by atoms with van der Waals surface area (Å²) in [6.45, 7) is 3.27. The summed E-state index contributed by atoms with van der Waals surface area (Å²) in [5, 5.41) is 3.15. The number of rotatable bonds is 7. The summed E-state index contributed by atoms with van der Waals surface area (Å²) in [6.07, 6.45) is 2.08. The van der Waals surface area contributed by atoms with Crippen LogP contribution in [0.25, 0.3) is 11.2 Å². The fraction of sp³-hybridized carbons (Fsp3) is 0.353. The Balaban J connectivity index is 1.95. The molecule has 0 saturated heterocycles. The molecule has 0 spiro atoms. The van der Waals surface area contributed by atoms with Crippen LogP contribution in [0.5, 0.6) is 0 Å². The number of benzene rings is 1. The van der Waals surface area contributed by atoms with Crippen LogP contribution < -0.4 is 16.7 Å². The second-order valence-electron chi connectivity index (χ2n) is 5.88. The van der Waals surface area contributed by atoms with Gasteiger partial charge in [0.25, 0.3) is 0 Å². The number of fused-ring (bicyclic) bond motifs is 1. The predicted octanol–water partition coefficient (Wildman–Crippen LogP) is 2.70. The number of halogens is 1. The van der Waals surface area contributed by atoms with Crippen molar-refractivity contribution in [2.75, 3.05) is 17.6 Å². The number of nitrogens with one attached hydrogen (secondary N) is 2. The molecule has 0 aliphatic carbocycles. The van der Waals surface area contributed by atoms with Gasteiger partial charge >= 0.3 is 5.69 Å². The first-order chi connectivity index (χ1) is 12.1. The maximum atomic E-state index is 12.3. The van der Waals surface area contributed by atoms with E-state index in [4.69, 9.17) is 17.3 Å². The third kappa shape index (κ3) is 3.76. The maximum absolute atomic E-state index is 12.3. The summed E-state index contributed by atoms with van der Waals surface area (Å²) in [6, 6.07) is 7.80. The number of aromatic nitrogens is 4. The van der Waals surface area contributed by atoms with Gasteiger partial charge in [-0.05, 0) is 17.5 Å². The lowest BCUT2D eigenvalue weighted by Gasteiger charge is -2.07. The molecule has 1 aromatic carbocycles. The Hall–Kier alpha value is -2.54. The van der Waals surface area contributed by atoms with E-state index in [1.165, 1.54) is 0 Å². The molecule has 3 rings (SSSR count). The molecule has 0 aliphatic heterocycles. The molecule has 0 saturated carbocycles. The van der Waals surface area contributed by atoms with E-state index >= 15 is 0 Å². The molecule has 2 heterocycles. The molecule has 0 unspecified atom stereocenters. The molecule has 0 amide bonds. The third-order valence-corrected chi connectivity index (χ3v) is 4.29. The van der Waals surface area contributed by atoms with E-state index in [9.17, 15) is 4.79 Å². The number of anilines is 2. The quantitative estimate of drug-likeness (QED) is 0.444. The predicted molar refractivity (Wildman–Crippen MR) is 101 cm³/mol. The van der Waals surface area contributed by atoms with Crippen LogP contribution in [-0.2, 0) is 12.4 Å². The van der Waals surface area contributed by atoms with Gasteiger partial charge in [-0.25, -0.2) is 4.79 Å². The fourth-order valence-corrected chi connectivity index (χ4v) is 2.75. The summed E-state index contributed by atoms with van der Waals surface area (Å²) < 4.78 is 1.56. The Kier molecular flexibility index (Phi) is 5.23. The topological polar surface area (TPSA) is 102 Å². The van der Waals surface area contributed by atoms with Gasteiger partial charge < -0.3 is 16.0 Å². The number of nitrogens with two attached hydrogens (primary N) is 1. The summed E-state index contributed by atoms with van der Waals surface area (Å²) in [5.74, 6) is 1.16. The molecule has 4 N–H and O–H groups in total. The smallest absolute Gasteiger partial charge is 0.328 e. The Bertz CT molecular complexity index is 915. The minimum atomic E-state index is -0.261. The maximum Gasteiger partial charge on any atom is 0.328 e. The second-order valence-corrected chi connectivity index (χ2v) is 6.15. The minimum Gasteiger partial charge on any atom is -0.382 e. The number of unbranched alkanes of at least 4 members (excludes halogenated alkanes) is 1. The van der Waals surface area contributed by atoms with Crippen molar-refractivity contribution < 1.29 is 0 Å². The number of hydrogen-bond donors (Lipinski definition) is 3. The highest BCUT2D eigenvalue weighted by Gasteiger charge is 2.14. The molecular formula is C17H21ClN6O. The van der Waals surface area contributed by atoms with Crippen molar-refractivity contribution in [3.05, 3.63) is 45.9 Å². The number of aromatic amines is 1. The molecule has 0 atom stereocenters. The third-order valence-electron chi connectivity index (χ3n) is 3.98. The Morgan fingerprint density at radius 1 is 1.24 bits per heavy atom. The zero-order valence-corrected chi connectivity index (χ0v) is 14.8. The van der Waals surface area contributed by atoms with E-state index in [-0.39, 0.29) is 11.5 Å². The summed E-state index contributed by atoms with van der Waals surface area (Å²) in [5.41, 5.74) is 8.70. The normalized spacial score (nSPS) is 11.1. The van der Waals surface area contributed by atoms with Crippen LogP contribution >= 0.6 is 11.6 Å². The van der Waals surface area contributed by atoms with Crippen molar-refractivity contribution in [3.63, 3.8) is 0 Å². The fourth-order valence-electron chi connectivity index (χ4n) is 2.57. The lowest BCUT2D eigenvalue weighted by Crippen LogP contribution is -2.18. The number of H-pyrrole nitrogens is 1. The highest BCUT2D eigenvalue weighted by molar-refractivity contribution is 6.17. The van der Waals surface area contributed by atoms with E-state index in [0.29, 0.717) is 29.5 Å². The zero-order valence-electron chi connectivity index (χ0n) is 14.1. The number of alkyl halides is 1. The van der Waals surface area contributed by atoms with Gasteiger partial charge in [0.1, 0.15) is 5.52 Å². The Labute approximate surface area is 150 Å². The minimum absolute atomic E-state index is 0.261. The van der Waals surface area contributed by atoms with Crippen molar-refractivity contribution in [2.45, 2.75) is 32.2 Å². The van der Waals surface area contributed by atoms with Crippen molar-refractivity contribution in [1.82, 2.24) is 19.5 Å². The van der Waals surface area contributed by atoms with Gasteiger partial charge in [0, 0.05) is 12.4 Å². The molecule has 2 aromatic heterocycles. The summed E-state index contributed by atoms with van der Waals surface area (Å²) >= 11 is 5.81. The van der Waals surface area contributed by atoms with E-state index in [1.807, 2.05) is 24.3 Å². The molecular weight excluding hydrogens is 340 g/mol. The standard InChI is InChI=1S/C17H21ClN6O/c1-2-3-8-20-16-22-14(19)13-15(23-16)24(17(25)21-13)10-12-6-4-11(9-18)5-7-12/h4-7H,2-3,8-10H2,1H3,(H,21,25)(H3,19,20,22,23). The van der Waals surface area contributed by atoms with Gasteiger partial charge in [-0.2, -0.15) is 9.97 Å². The molecule has 25 heavy (non-hydrogen) atoms. The van der Waals surface area contributed by atoms with E-state index < -0.39 is 0 Å². The highest BCUT2D eigenvalue weighted by atomic mass is 35.5. The number of nitrogen functional groups attached to an aromatic ring is 1. The summed E-state index contributed by atoms with van der Waals surface area (Å²) in [4.78, 5) is 23.8. The molecule has 0 radical (unpaired) electrons. The lowest BCUT2D eigenvalue weighted by molar-refractivity contribution is 0.776. The van der Waals surface area contributed by atoms with Gasteiger partial charge in [0.15, 0.2) is 11.5 Å². The van der Waals surface area contributed by atoms with Crippen molar-refractivity contribution in [2.24, 2.45) is 0 Å². The zero-order chi connectivity index (χ0) is 17.8. The van der Waals surface area contributed by atoms with E-state index in [0.717, 1.165) is 30.5 Å². The average Bonchev–Trinajstić information content (AvgIpc) is 2.93. The first-order valence-corrected chi connectivity index (χ1v) is 8.79. The first kappa shape index (κ1) is 17.3. The first-order valence-electron chi connectivity index (χ1n) is 8.26. The van der Waals surface area contributed by atoms with Gasteiger partial charge in [-0.15, -0.1) is 11.6 Å². The van der Waals surface area contributed by atoms with Crippen LogP contribution in [0.4, 0.5) is 11.8 Å².